The Morgan fingerprint density at radius 3 is 2.40 bits per heavy atom. The summed E-state index contributed by atoms with van der Waals surface area (Å²) >= 11 is 19.7. The van der Waals surface area contributed by atoms with Gasteiger partial charge in [0, 0.05) is 15.1 Å². The van der Waals surface area contributed by atoms with Crippen LogP contribution >= 0.6 is 55.1 Å². The summed E-state index contributed by atoms with van der Waals surface area (Å²) in [7, 11) is 1.62. The van der Waals surface area contributed by atoms with Crippen molar-refractivity contribution in [3.8, 4) is 5.75 Å². The Labute approximate surface area is 145 Å². The number of hydrogen-bond donors (Lipinski definition) is 0. The summed E-state index contributed by atoms with van der Waals surface area (Å²) in [6.07, 6.45) is 0. The summed E-state index contributed by atoms with van der Waals surface area (Å²) in [6, 6.07) is 9.65. The van der Waals surface area contributed by atoms with Crippen LogP contribution in [0.2, 0.25) is 5.02 Å². The van der Waals surface area contributed by atoms with E-state index in [-0.39, 0.29) is 5.38 Å². The largest absolute Gasteiger partial charge is 0.495 e. The number of halogens is 4. The van der Waals surface area contributed by atoms with Crippen LogP contribution in [0, 0.1) is 6.92 Å². The second kappa shape index (κ2) is 6.69. The van der Waals surface area contributed by atoms with Gasteiger partial charge in [-0.25, -0.2) is 0 Å². The molecular formula is C15H12Br2Cl2O. The molecule has 0 aliphatic heterocycles. The van der Waals surface area contributed by atoms with Crippen LogP contribution in [0.3, 0.4) is 0 Å². The standard InChI is InChI=1S/C15H12Br2Cl2O/c1-8-5-9(16)3-4-11(8)14(19)12-6-10(18)7-13(17)15(12)20-2/h3-7,14H,1-2H3. The Bertz CT molecular complexity index is 644. The van der Waals surface area contributed by atoms with Crippen molar-refractivity contribution in [2.24, 2.45) is 0 Å². The van der Waals surface area contributed by atoms with E-state index in [1.807, 2.05) is 31.2 Å². The molecule has 5 heteroatoms. The summed E-state index contributed by atoms with van der Waals surface area (Å²) in [6.45, 7) is 2.03. The van der Waals surface area contributed by atoms with Crippen molar-refractivity contribution in [3.63, 3.8) is 0 Å². The number of benzene rings is 2. The first-order valence-electron chi connectivity index (χ1n) is 5.87. The van der Waals surface area contributed by atoms with Crippen LogP contribution in [0.15, 0.2) is 39.3 Å². The maximum absolute atomic E-state index is 6.64. The summed E-state index contributed by atoms with van der Waals surface area (Å²) in [5.74, 6) is 0.705. The molecule has 0 aliphatic carbocycles. The summed E-state index contributed by atoms with van der Waals surface area (Å²) < 4.78 is 7.26. The Kier molecular flexibility index (Phi) is 5.41. The van der Waals surface area contributed by atoms with E-state index in [4.69, 9.17) is 27.9 Å². The van der Waals surface area contributed by atoms with Gasteiger partial charge >= 0.3 is 0 Å². The fourth-order valence-corrected chi connectivity index (χ4v) is 3.95. The molecule has 1 atom stereocenters. The van der Waals surface area contributed by atoms with Gasteiger partial charge in [0.1, 0.15) is 5.75 Å². The van der Waals surface area contributed by atoms with Crippen LogP contribution in [0.4, 0.5) is 0 Å². The Balaban J connectivity index is 2.55. The van der Waals surface area contributed by atoms with E-state index < -0.39 is 0 Å². The lowest BCUT2D eigenvalue weighted by Crippen LogP contribution is -2.00. The molecule has 1 unspecified atom stereocenters. The monoisotopic (exact) mass is 436 g/mol. The van der Waals surface area contributed by atoms with Gasteiger partial charge in [-0.15, -0.1) is 11.6 Å². The van der Waals surface area contributed by atoms with E-state index in [9.17, 15) is 0 Å². The first kappa shape index (κ1) is 16.2. The molecule has 0 aliphatic rings. The molecule has 1 nitrogen and oxygen atoms in total. The SMILES string of the molecule is COc1c(Br)cc(Cl)cc1C(Cl)c1ccc(Br)cc1C. The fraction of sp³-hybridized carbons (Fsp3) is 0.200. The van der Waals surface area contributed by atoms with Crippen LogP contribution in [0.1, 0.15) is 22.1 Å². The zero-order valence-electron chi connectivity index (χ0n) is 10.9. The lowest BCUT2D eigenvalue weighted by Gasteiger charge is -2.18. The number of methoxy groups -OCH3 is 1. The highest BCUT2D eigenvalue weighted by atomic mass is 79.9. The quantitative estimate of drug-likeness (QED) is 0.496. The number of alkyl halides is 1. The average molecular weight is 439 g/mol. The third-order valence-corrected chi connectivity index (χ3v) is 4.79. The van der Waals surface area contributed by atoms with Crippen molar-refractivity contribution in [2.75, 3.05) is 7.11 Å². The molecule has 20 heavy (non-hydrogen) atoms. The zero-order valence-corrected chi connectivity index (χ0v) is 15.6. The highest BCUT2D eigenvalue weighted by Gasteiger charge is 2.20. The molecule has 0 saturated carbocycles. The summed E-state index contributed by atoms with van der Waals surface area (Å²) in [5.41, 5.74) is 2.99. The minimum absolute atomic E-state index is 0.326. The molecular weight excluding hydrogens is 427 g/mol. The highest BCUT2D eigenvalue weighted by molar-refractivity contribution is 9.10. The van der Waals surface area contributed by atoms with Gasteiger partial charge in [-0.1, -0.05) is 33.6 Å². The highest BCUT2D eigenvalue weighted by Crippen LogP contribution is 2.42. The van der Waals surface area contributed by atoms with Crippen LogP contribution in [-0.4, -0.2) is 7.11 Å². The lowest BCUT2D eigenvalue weighted by molar-refractivity contribution is 0.407. The van der Waals surface area contributed by atoms with Gasteiger partial charge in [0.15, 0.2) is 0 Å². The normalized spacial score (nSPS) is 12.3. The van der Waals surface area contributed by atoms with Crippen LogP contribution in [0.5, 0.6) is 5.75 Å². The maximum Gasteiger partial charge on any atom is 0.138 e. The predicted octanol–water partition coefficient (Wildman–Crippen LogP) is 6.51. The van der Waals surface area contributed by atoms with Gasteiger partial charge in [0.25, 0.3) is 0 Å². The van der Waals surface area contributed by atoms with Crippen molar-refractivity contribution in [3.05, 3.63) is 61.0 Å². The molecule has 0 heterocycles. The van der Waals surface area contributed by atoms with E-state index in [0.717, 1.165) is 25.6 Å². The van der Waals surface area contributed by atoms with Gasteiger partial charge in [-0.3, -0.25) is 0 Å². The Morgan fingerprint density at radius 1 is 1.10 bits per heavy atom. The number of rotatable bonds is 3. The van der Waals surface area contributed by atoms with Crippen molar-refractivity contribution in [1.29, 1.82) is 0 Å². The predicted molar refractivity (Wildman–Crippen MR) is 92.3 cm³/mol. The van der Waals surface area contributed by atoms with Gasteiger partial charge in [0.05, 0.1) is 17.0 Å². The van der Waals surface area contributed by atoms with Gasteiger partial charge in [0.2, 0.25) is 0 Å². The first-order chi connectivity index (χ1) is 9.43. The van der Waals surface area contributed by atoms with E-state index in [1.165, 1.54) is 0 Å². The molecule has 0 radical (unpaired) electrons. The minimum Gasteiger partial charge on any atom is -0.495 e. The third-order valence-electron chi connectivity index (χ3n) is 3.02. The molecule has 0 saturated heterocycles. The topological polar surface area (TPSA) is 9.23 Å². The minimum atomic E-state index is -0.326. The fourth-order valence-electron chi connectivity index (χ4n) is 2.07. The molecule has 0 aromatic heterocycles. The zero-order chi connectivity index (χ0) is 14.9. The average Bonchev–Trinajstić information content (AvgIpc) is 2.37. The summed E-state index contributed by atoms with van der Waals surface area (Å²) in [4.78, 5) is 0. The lowest BCUT2D eigenvalue weighted by atomic mass is 9.99. The second-order valence-electron chi connectivity index (χ2n) is 4.37. The Morgan fingerprint density at radius 2 is 1.80 bits per heavy atom. The molecule has 0 amide bonds. The maximum atomic E-state index is 6.64. The molecule has 0 spiro atoms. The molecule has 2 rings (SSSR count). The third kappa shape index (κ3) is 3.33. The van der Waals surface area contributed by atoms with Crippen LogP contribution < -0.4 is 4.74 Å². The second-order valence-corrected chi connectivity index (χ2v) is 7.02. The Hall–Kier alpha value is -0.220. The van der Waals surface area contributed by atoms with Crippen molar-refractivity contribution in [1.82, 2.24) is 0 Å². The van der Waals surface area contributed by atoms with E-state index in [1.54, 1.807) is 13.2 Å². The molecule has 0 fully saturated rings. The van der Waals surface area contributed by atoms with Crippen molar-refractivity contribution >= 4 is 55.1 Å². The smallest absolute Gasteiger partial charge is 0.138 e. The number of aryl methyl sites for hydroxylation is 1. The van der Waals surface area contributed by atoms with Crippen LogP contribution in [0.25, 0.3) is 0 Å². The number of ether oxygens (including phenoxy) is 1. The number of hydrogen-bond acceptors (Lipinski definition) is 1. The van der Waals surface area contributed by atoms with E-state index in [0.29, 0.717) is 10.8 Å². The van der Waals surface area contributed by atoms with E-state index >= 15 is 0 Å². The summed E-state index contributed by atoms with van der Waals surface area (Å²) in [5, 5.41) is 0.293. The van der Waals surface area contributed by atoms with Crippen molar-refractivity contribution < 1.29 is 4.74 Å². The molecule has 0 N–H and O–H groups in total. The molecule has 2 aromatic carbocycles. The molecule has 2 aromatic rings. The molecule has 0 bridgehead atoms. The van der Waals surface area contributed by atoms with Crippen molar-refractivity contribution in [2.45, 2.75) is 12.3 Å². The van der Waals surface area contributed by atoms with E-state index in [2.05, 4.69) is 31.9 Å². The van der Waals surface area contributed by atoms with Gasteiger partial charge in [-0.05, 0) is 58.2 Å². The molecule has 106 valence electrons. The van der Waals surface area contributed by atoms with Gasteiger partial charge in [-0.2, -0.15) is 0 Å². The van der Waals surface area contributed by atoms with Gasteiger partial charge < -0.3 is 4.74 Å². The van der Waals surface area contributed by atoms with Crippen LogP contribution in [-0.2, 0) is 0 Å². The first-order valence-corrected chi connectivity index (χ1v) is 8.27.